The van der Waals surface area contributed by atoms with E-state index in [4.69, 9.17) is 9.84 Å². The van der Waals surface area contributed by atoms with Gasteiger partial charge in [0.25, 0.3) is 5.69 Å². The average Bonchev–Trinajstić information content (AvgIpc) is 2.43. The number of hydrogen-bond donors (Lipinski definition) is 2. The Morgan fingerprint density at radius 3 is 2.41 bits per heavy atom. The van der Waals surface area contributed by atoms with Crippen LogP contribution in [0.4, 0.5) is 5.69 Å². The number of rotatable bonds is 7. The number of carboxylic acids is 1. The third kappa shape index (κ3) is 3.92. The second-order valence-electron chi connectivity index (χ2n) is 4.77. The van der Waals surface area contributed by atoms with E-state index in [2.05, 4.69) is 0 Å². The summed E-state index contributed by atoms with van der Waals surface area (Å²) in [6.07, 6.45) is 0. The first-order chi connectivity index (χ1) is 10.1. The number of ether oxygens (including phenoxy) is 1. The van der Waals surface area contributed by atoms with Crippen molar-refractivity contribution in [1.82, 2.24) is 4.72 Å². The standard InChI is InChI=1S/C12H16N2O7S/c1-7(2)11(12(15)16)13-22(19,20)10-6-8(14(17)18)4-5-9(10)21-3/h4-7,11,13H,1-3H3,(H,15,16)/t11-/m0/s1. The van der Waals surface area contributed by atoms with Crippen LogP contribution in [-0.4, -0.2) is 37.6 Å². The predicted molar refractivity (Wildman–Crippen MR) is 76.2 cm³/mol. The van der Waals surface area contributed by atoms with Gasteiger partial charge < -0.3 is 9.84 Å². The lowest BCUT2D eigenvalue weighted by Crippen LogP contribution is -2.44. The summed E-state index contributed by atoms with van der Waals surface area (Å²) in [5.74, 6) is -1.98. The second kappa shape index (κ2) is 6.71. The number of nitro benzene ring substituents is 1. The number of nitro groups is 1. The molecule has 1 aromatic carbocycles. The van der Waals surface area contributed by atoms with Gasteiger partial charge in [-0.1, -0.05) is 13.8 Å². The Hall–Kier alpha value is -2.20. The fourth-order valence-electron chi connectivity index (χ4n) is 1.69. The van der Waals surface area contributed by atoms with E-state index in [-0.39, 0.29) is 5.75 Å². The molecular weight excluding hydrogens is 316 g/mol. The van der Waals surface area contributed by atoms with Gasteiger partial charge in [0, 0.05) is 12.1 Å². The Balaban J connectivity index is 3.35. The van der Waals surface area contributed by atoms with Gasteiger partial charge in [-0.15, -0.1) is 0 Å². The Morgan fingerprint density at radius 2 is 2.00 bits per heavy atom. The van der Waals surface area contributed by atoms with Gasteiger partial charge in [0.2, 0.25) is 10.0 Å². The van der Waals surface area contributed by atoms with Crippen LogP contribution in [0.25, 0.3) is 0 Å². The van der Waals surface area contributed by atoms with Crippen molar-refractivity contribution in [3.05, 3.63) is 28.3 Å². The van der Waals surface area contributed by atoms with Crippen LogP contribution >= 0.6 is 0 Å². The van der Waals surface area contributed by atoms with E-state index in [0.29, 0.717) is 0 Å². The maximum atomic E-state index is 12.3. The minimum Gasteiger partial charge on any atom is -0.495 e. The Bertz CT molecular complexity index is 685. The zero-order valence-corrected chi connectivity index (χ0v) is 13.0. The predicted octanol–water partition coefficient (Wildman–Crippen LogP) is 0.991. The molecule has 0 bridgehead atoms. The van der Waals surface area contributed by atoms with Gasteiger partial charge in [0.1, 0.15) is 16.7 Å². The molecule has 0 radical (unpaired) electrons. The summed E-state index contributed by atoms with van der Waals surface area (Å²) in [7, 11) is -3.10. The highest BCUT2D eigenvalue weighted by Gasteiger charge is 2.31. The minimum absolute atomic E-state index is 0.119. The first kappa shape index (κ1) is 17.9. The van der Waals surface area contributed by atoms with Crippen LogP contribution in [0.15, 0.2) is 23.1 Å². The van der Waals surface area contributed by atoms with Crippen LogP contribution in [0.1, 0.15) is 13.8 Å². The molecule has 122 valence electrons. The molecule has 10 heteroatoms. The number of non-ortho nitro benzene ring substituents is 1. The topological polar surface area (TPSA) is 136 Å². The first-order valence-corrected chi connectivity index (χ1v) is 7.66. The van der Waals surface area contributed by atoms with Crippen LogP contribution in [0.5, 0.6) is 5.75 Å². The molecule has 0 aliphatic carbocycles. The van der Waals surface area contributed by atoms with Crippen molar-refractivity contribution in [3.63, 3.8) is 0 Å². The highest BCUT2D eigenvalue weighted by molar-refractivity contribution is 7.89. The van der Waals surface area contributed by atoms with E-state index in [0.717, 1.165) is 18.2 Å². The van der Waals surface area contributed by atoms with Crippen LogP contribution in [-0.2, 0) is 14.8 Å². The fourth-order valence-corrected chi connectivity index (χ4v) is 3.22. The molecular formula is C12H16N2O7S. The van der Waals surface area contributed by atoms with Crippen LogP contribution in [0.2, 0.25) is 0 Å². The van der Waals surface area contributed by atoms with Crippen molar-refractivity contribution >= 4 is 21.7 Å². The lowest BCUT2D eigenvalue weighted by Gasteiger charge is -2.18. The number of aliphatic carboxylic acids is 1. The van der Waals surface area contributed by atoms with Gasteiger partial charge in [-0.25, -0.2) is 8.42 Å². The Morgan fingerprint density at radius 1 is 1.41 bits per heavy atom. The summed E-state index contributed by atoms with van der Waals surface area (Å²) < 4.78 is 31.6. The fraction of sp³-hybridized carbons (Fsp3) is 0.417. The third-order valence-corrected chi connectivity index (χ3v) is 4.32. The van der Waals surface area contributed by atoms with Crippen LogP contribution in [0.3, 0.4) is 0 Å². The quantitative estimate of drug-likeness (QED) is 0.561. The van der Waals surface area contributed by atoms with Crippen molar-refractivity contribution in [2.45, 2.75) is 24.8 Å². The summed E-state index contributed by atoms with van der Waals surface area (Å²) in [6.45, 7) is 3.07. The molecule has 0 fully saturated rings. The molecule has 0 heterocycles. The van der Waals surface area contributed by atoms with Gasteiger partial charge >= 0.3 is 5.97 Å². The number of benzene rings is 1. The lowest BCUT2D eigenvalue weighted by molar-refractivity contribution is -0.385. The van der Waals surface area contributed by atoms with E-state index >= 15 is 0 Å². The zero-order valence-electron chi connectivity index (χ0n) is 12.1. The van der Waals surface area contributed by atoms with Gasteiger partial charge in [-0.05, 0) is 12.0 Å². The SMILES string of the molecule is COc1ccc([N+](=O)[O-])cc1S(=O)(=O)N[C@H](C(=O)O)C(C)C. The Kier molecular flexibility index (Phi) is 5.44. The van der Waals surface area contributed by atoms with Crippen molar-refractivity contribution in [2.24, 2.45) is 5.92 Å². The third-order valence-electron chi connectivity index (χ3n) is 2.86. The average molecular weight is 332 g/mol. The lowest BCUT2D eigenvalue weighted by atomic mass is 10.1. The molecule has 0 aliphatic rings. The van der Waals surface area contributed by atoms with E-state index in [9.17, 15) is 23.3 Å². The molecule has 9 nitrogen and oxygen atoms in total. The number of sulfonamides is 1. The number of nitrogens with zero attached hydrogens (tertiary/aromatic N) is 1. The van der Waals surface area contributed by atoms with Gasteiger partial charge in [-0.3, -0.25) is 14.9 Å². The molecule has 0 aliphatic heterocycles. The maximum absolute atomic E-state index is 12.3. The number of methoxy groups -OCH3 is 1. The molecule has 0 unspecified atom stereocenters. The molecule has 0 aromatic heterocycles. The van der Waals surface area contributed by atoms with Crippen molar-refractivity contribution in [2.75, 3.05) is 7.11 Å². The molecule has 2 N–H and O–H groups in total. The highest BCUT2D eigenvalue weighted by atomic mass is 32.2. The number of hydrogen-bond acceptors (Lipinski definition) is 6. The van der Waals surface area contributed by atoms with Crippen molar-refractivity contribution < 1.29 is 28.0 Å². The first-order valence-electron chi connectivity index (χ1n) is 6.17. The van der Waals surface area contributed by atoms with Gasteiger partial charge in [0.05, 0.1) is 12.0 Å². The number of carbonyl (C=O) groups is 1. The van der Waals surface area contributed by atoms with Gasteiger partial charge in [-0.2, -0.15) is 4.72 Å². The maximum Gasteiger partial charge on any atom is 0.322 e. The number of carboxylic acid groups (broad SMARTS) is 1. The summed E-state index contributed by atoms with van der Waals surface area (Å²) in [5.41, 5.74) is -0.447. The van der Waals surface area contributed by atoms with Crippen LogP contribution in [0, 0.1) is 16.0 Å². The Labute approximate surface area is 127 Å². The van der Waals surface area contributed by atoms with E-state index < -0.39 is 43.5 Å². The van der Waals surface area contributed by atoms with Crippen molar-refractivity contribution in [1.29, 1.82) is 0 Å². The van der Waals surface area contributed by atoms with Gasteiger partial charge in [0.15, 0.2) is 0 Å². The van der Waals surface area contributed by atoms with Crippen LogP contribution < -0.4 is 9.46 Å². The second-order valence-corrected chi connectivity index (χ2v) is 6.46. The zero-order chi connectivity index (χ0) is 17.1. The molecule has 0 amide bonds. The molecule has 0 spiro atoms. The molecule has 0 saturated carbocycles. The molecule has 1 aromatic rings. The van der Waals surface area contributed by atoms with E-state index in [1.807, 2.05) is 4.72 Å². The summed E-state index contributed by atoms with van der Waals surface area (Å²) in [5, 5.41) is 19.8. The normalized spacial score (nSPS) is 12.9. The smallest absolute Gasteiger partial charge is 0.322 e. The molecule has 0 saturated heterocycles. The molecule has 22 heavy (non-hydrogen) atoms. The molecule has 1 atom stereocenters. The summed E-state index contributed by atoms with van der Waals surface area (Å²) in [4.78, 5) is 20.6. The summed E-state index contributed by atoms with van der Waals surface area (Å²) >= 11 is 0. The van der Waals surface area contributed by atoms with E-state index in [1.165, 1.54) is 21.0 Å². The van der Waals surface area contributed by atoms with E-state index in [1.54, 1.807) is 0 Å². The highest BCUT2D eigenvalue weighted by Crippen LogP contribution is 2.28. The molecule has 1 rings (SSSR count). The minimum atomic E-state index is -4.31. The largest absolute Gasteiger partial charge is 0.495 e. The monoisotopic (exact) mass is 332 g/mol. The van der Waals surface area contributed by atoms with Crippen molar-refractivity contribution in [3.8, 4) is 5.75 Å². The number of nitrogens with one attached hydrogen (secondary N) is 1. The summed E-state index contributed by atoms with van der Waals surface area (Å²) in [6, 6.07) is 1.68.